The van der Waals surface area contributed by atoms with Crippen LogP contribution in [0.5, 0.6) is 0 Å². The van der Waals surface area contributed by atoms with Crippen molar-refractivity contribution in [3.8, 4) is 0 Å². The highest BCUT2D eigenvalue weighted by molar-refractivity contribution is 7.53. The fraction of sp³-hybridized carbons (Fsp3) is 0.947. The Morgan fingerprint density at radius 3 is 1.92 bits per heavy atom. The Balaban J connectivity index is 1.70. The van der Waals surface area contributed by atoms with Gasteiger partial charge < -0.3 is 13.8 Å². The third-order valence-corrected chi connectivity index (χ3v) is 8.00. The zero-order valence-corrected chi connectivity index (χ0v) is 16.9. The van der Waals surface area contributed by atoms with Crippen LogP contribution in [0.1, 0.15) is 65.7 Å². The van der Waals surface area contributed by atoms with Gasteiger partial charge in [-0.05, 0) is 77.0 Å². The van der Waals surface area contributed by atoms with Gasteiger partial charge in [0.15, 0.2) is 5.90 Å². The minimum Gasteiger partial charge on any atom is -0.481 e. The fourth-order valence-corrected chi connectivity index (χ4v) is 7.17. The molecule has 0 aliphatic heterocycles. The maximum absolute atomic E-state index is 12.7. The van der Waals surface area contributed by atoms with Crippen molar-refractivity contribution in [1.82, 2.24) is 0 Å². The number of ether oxygens (including phenoxy) is 1. The van der Waals surface area contributed by atoms with Gasteiger partial charge in [-0.2, -0.15) is 0 Å². The maximum Gasteiger partial charge on any atom is 0.331 e. The molecule has 0 heterocycles. The number of hydrogen-bond donors (Lipinski definition) is 0. The molecule has 4 rings (SSSR count). The van der Waals surface area contributed by atoms with E-state index in [9.17, 15) is 4.57 Å². The zero-order valence-electron chi connectivity index (χ0n) is 16.0. The van der Waals surface area contributed by atoms with Gasteiger partial charge in [-0.3, -0.25) is 4.57 Å². The molecule has 0 aromatic heterocycles. The molecule has 0 aromatic carbocycles. The van der Waals surface area contributed by atoms with Crippen LogP contribution in [0.15, 0.2) is 4.99 Å². The maximum atomic E-state index is 12.7. The quantitative estimate of drug-likeness (QED) is 0.323. The van der Waals surface area contributed by atoms with Crippen LogP contribution in [-0.4, -0.2) is 37.4 Å². The summed E-state index contributed by atoms with van der Waals surface area (Å²) in [5, 5.41) is 0. The van der Waals surface area contributed by atoms with Gasteiger partial charge in [0.2, 0.25) is 0 Å². The van der Waals surface area contributed by atoms with Crippen molar-refractivity contribution in [3.05, 3.63) is 0 Å². The van der Waals surface area contributed by atoms with E-state index in [1.165, 1.54) is 38.5 Å². The van der Waals surface area contributed by atoms with E-state index in [-0.39, 0.29) is 5.54 Å². The summed E-state index contributed by atoms with van der Waals surface area (Å²) in [5.41, 5.74) is 0.0838. The predicted octanol–water partition coefficient (Wildman–Crippen LogP) is 5.05. The van der Waals surface area contributed by atoms with Crippen molar-refractivity contribution < 1.29 is 18.3 Å². The molecule has 0 atom stereocenters. The van der Waals surface area contributed by atoms with E-state index in [1.54, 1.807) is 0 Å². The molecular formula is C19H34NO4P. The van der Waals surface area contributed by atoms with Gasteiger partial charge in [0.25, 0.3) is 0 Å². The van der Waals surface area contributed by atoms with Crippen molar-refractivity contribution in [1.29, 1.82) is 0 Å². The number of rotatable bonds is 9. The van der Waals surface area contributed by atoms with Crippen molar-refractivity contribution in [2.45, 2.75) is 71.3 Å². The van der Waals surface area contributed by atoms with Crippen LogP contribution in [0.25, 0.3) is 0 Å². The van der Waals surface area contributed by atoms with Crippen molar-refractivity contribution in [2.75, 3.05) is 26.0 Å². The Morgan fingerprint density at radius 1 is 0.960 bits per heavy atom. The number of nitrogens with zero attached hydrogens (tertiary/aromatic N) is 1. The van der Waals surface area contributed by atoms with Crippen LogP contribution in [0.3, 0.4) is 0 Å². The van der Waals surface area contributed by atoms with Crippen molar-refractivity contribution in [2.24, 2.45) is 22.7 Å². The molecular weight excluding hydrogens is 337 g/mol. The summed E-state index contributed by atoms with van der Waals surface area (Å²) in [6, 6.07) is 0. The molecule has 144 valence electrons. The molecule has 0 spiro atoms. The lowest BCUT2D eigenvalue weighted by molar-refractivity contribution is 0.000391. The van der Waals surface area contributed by atoms with Gasteiger partial charge in [-0.1, -0.05) is 0 Å². The summed E-state index contributed by atoms with van der Waals surface area (Å²) >= 11 is 0. The van der Waals surface area contributed by atoms with E-state index in [4.69, 9.17) is 18.8 Å². The normalized spacial score (nSPS) is 34.5. The first-order valence-electron chi connectivity index (χ1n) is 10.1. The first-order chi connectivity index (χ1) is 12.0. The van der Waals surface area contributed by atoms with E-state index in [0.29, 0.717) is 32.4 Å². The fourth-order valence-electron chi connectivity index (χ4n) is 5.59. The molecule has 6 heteroatoms. The Labute approximate surface area is 152 Å². The second-order valence-corrected chi connectivity index (χ2v) is 10.2. The lowest BCUT2D eigenvalue weighted by Gasteiger charge is -2.55. The van der Waals surface area contributed by atoms with Crippen LogP contribution in [0.2, 0.25) is 0 Å². The number of hydrogen-bond acceptors (Lipinski definition) is 5. The average Bonchev–Trinajstić information content (AvgIpc) is 2.52. The molecule has 0 radical (unpaired) electrons. The zero-order chi connectivity index (χ0) is 17.9. The minimum atomic E-state index is -3.04. The lowest BCUT2D eigenvalue weighted by atomic mass is 9.53. The first kappa shape index (κ1) is 19.4. The van der Waals surface area contributed by atoms with Crippen molar-refractivity contribution >= 4 is 13.5 Å². The molecule has 25 heavy (non-hydrogen) atoms. The van der Waals surface area contributed by atoms with Gasteiger partial charge in [0, 0.05) is 6.42 Å². The highest BCUT2D eigenvalue weighted by Crippen LogP contribution is 2.57. The largest absolute Gasteiger partial charge is 0.481 e. The van der Waals surface area contributed by atoms with Gasteiger partial charge in [-0.15, -0.1) is 0 Å². The third-order valence-electron chi connectivity index (χ3n) is 5.93. The SMILES string of the molecule is CCOC(CCP(=O)(OCC)OCC)=NC12CC3CC(CC(C3)C1)C2. The predicted molar refractivity (Wildman–Crippen MR) is 100 cm³/mol. The molecule has 4 saturated carbocycles. The Hall–Kier alpha value is -0.380. The van der Waals surface area contributed by atoms with Crippen LogP contribution in [0, 0.1) is 17.8 Å². The molecule has 0 aromatic rings. The van der Waals surface area contributed by atoms with Crippen LogP contribution < -0.4 is 0 Å². The molecule has 0 unspecified atom stereocenters. The summed E-state index contributed by atoms with van der Waals surface area (Å²) in [5.74, 6) is 3.33. The molecule has 0 amide bonds. The van der Waals surface area contributed by atoms with E-state index in [0.717, 1.165) is 23.7 Å². The summed E-state index contributed by atoms with van der Waals surface area (Å²) in [7, 11) is -3.04. The minimum absolute atomic E-state index is 0.0838. The monoisotopic (exact) mass is 371 g/mol. The van der Waals surface area contributed by atoms with Gasteiger partial charge >= 0.3 is 7.60 Å². The standard InChI is InChI=1S/C19H34NO4P/c1-4-22-18(7-8-25(21,23-5-2)24-6-3)20-19-12-15-9-16(13-19)11-17(10-15)14-19/h15-17H,4-14H2,1-3H3. The summed E-state index contributed by atoms with van der Waals surface area (Å²) < 4.78 is 29.4. The van der Waals surface area contributed by atoms with Gasteiger partial charge in [-0.25, -0.2) is 4.99 Å². The van der Waals surface area contributed by atoms with Crippen molar-refractivity contribution in [3.63, 3.8) is 0 Å². The van der Waals surface area contributed by atoms with Crippen LogP contribution in [-0.2, 0) is 18.3 Å². The highest BCUT2D eigenvalue weighted by atomic mass is 31.2. The average molecular weight is 371 g/mol. The Morgan fingerprint density at radius 2 is 1.48 bits per heavy atom. The van der Waals surface area contributed by atoms with E-state index >= 15 is 0 Å². The first-order valence-corrected chi connectivity index (χ1v) is 11.8. The molecule has 0 saturated heterocycles. The summed E-state index contributed by atoms with van der Waals surface area (Å²) in [4.78, 5) is 5.14. The van der Waals surface area contributed by atoms with E-state index < -0.39 is 7.60 Å². The summed E-state index contributed by atoms with van der Waals surface area (Å²) in [6.07, 6.45) is 8.74. The second kappa shape index (κ2) is 8.10. The molecule has 5 nitrogen and oxygen atoms in total. The smallest absolute Gasteiger partial charge is 0.331 e. The molecule has 4 aliphatic rings. The molecule has 4 fully saturated rings. The van der Waals surface area contributed by atoms with Crippen LogP contribution in [0.4, 0.5) is 0 Å². The molecule has 0 N–H and O–H groups in total. The van der Waals surface area contributed by atoms with E-state index in [2.05, 4.69) is 0 Å². The second-order valence-electron chi connectivity index (χ2n) is 8.00. The van der Waals surface area contributed by atoms with Gasteiger partial charge in [0.05, 0.1) is 31.5 Å². The lowest BCUT2D eigenvalue weighted by Crippen LogP contribution is -2.49. The Kier molecular flexibility index (Phi) is 6.28. The molecule has 4 aliphatic carbocycles. The highest BCUT2D eigenvalue weighted by Gasteiger charge is 2.51. The van der Waals surface area contributed by atoms with Crippen LogP contribution >= 0.6 is 7.60 Å². The van der Waals surface area contributed by atoms with E-state index in [1.807, 2.05) is 20.8 Å². The Bertz CT molecular complexity index is 488. The number of aliphatic imine (C=N–C) groups is 1. The molecule has 4 bridgehead atoms. The topological polar surface area (TPSA) is 57.1 Å². The third kappa shape index (κ3) is 4.67. The summed E-state index contributed by atoms with van der Waals surface area (Å²) in [6.45, 7) is 7.07. The van der Waals surface area contributed by atoms with Gasteiger partial charge in [0.1, 0.15) is 0 Å².